The van der Waals surface area contributed by atoms with Crippen molar-refractivity contribution in [1.82, 2.24) is 0 Å². The van der Waals surface area contributed by atoms with Gasteiger partial charge >= 0.3 is 0 Å². The molecule has 3 N–H and O–H groups in total. The first-order valence-corrected chi connectivity index (χ1v) is 6.86. The van der Waals surface area contributed by atoms with Crippen LogP contribution < -0.4 is 16.0 Å². The molecule has 100 valence electrons. The van der Waals surface area contributed by atoms with Crippen LogP contribution in [-0.4, -0.2) is 26.2 Å². The molecule has 0 radical (unpaired) electrons. The van der Waals surface area contributed by atoms with Crippen LogP contribution in [0, 0.1) is 6.92 Å². The predicted octanol–water partition coefficient (Wildman–Crippen LogP) is 2.74. The van der Waals surface area contributed by atoms with Gasteiger partial charge in [0.2, 0.25) is 0 Å². The average Bonchev–Trinajstić information content (AvgIpc) is 2.31. The van der Waals surface area contributed by atoms with E-state index in [1.54, 1.807) is 0 Å². The minimum atomic E-state index is 0.370. The van der Waals surface area contributed by atoms with E-state index < -0.39 is 0 Å². The zero-order valence-corrected chi connectivity index (χ0v) is 11.7. The summed E-state index contributed by atoms with van der Waals surface area (Å²) in [4.78, 5) is 2.16. The third-order valence-electron chi connectivity index (χ3n) is 3.78. The van der Waals surface area contributed by atoms with Crippen molar-refractivity contribution >= 4 is 11.4 Å². The third-order valence-corrected chi connectivity index (χ3v) is 3.78. The average molecular weight is 247 g/mol. The molecule has 18 heavy (non-hydrogen) atoms. The predicted molar refractivity (Wildman–Crippen MR) is 79.4 cm³/mol. The molecule has 0 heterocycles. The van der Waals surface area contributed by atoms with Crippen molar-refractivity contribution in [1.29, 1.82) is 0 Å². The van der Waals surface area contributed by atoms with Crippen molar-refractivity contribution in [3.8, 4) is 0 Å². The Bertz CT molecular complexity index is 401. The standard InChI is InChI=1S/C15H25N3/c1-11-7-8-14(10-15(11)18(2)3)17-13-6-4-5-12(16)9-13/h7-8,10,12-13,17H,4-6,9,16H2,1-3H3. The fourth-order valence-electron chi connectivity index (χ4n) is 2.78. The Balaban J connectivity index is 2.07. The summed E-state index contributed by atoms with van der Waals surface area (Å²) in [6.07, 6.45) is 4.74. The van der Waals surface area contributed by atoms with Crippen molar-refractivity contribution in [3.63, 3.8) is 0 Å². The van der Waals surface area contributed by atoms with Gasteiger partial charge in [0.1, 0.15) is 0 Å². The van der Waals surface area contributed by atoms with Gasteiger partial charge < -0.3 is 16.0 Å². The van der Waals surface area contributed by atoms with Crippen LogP contribution in [0.15, 0.2) is 18.2 Å². The van der Waals surface area contributed by atoms with Crippen molar-refractivity contribution in [3.05, 3.63) is 23.8 Å². The third kappa shape index (κ3) is 3.16. The van der Waals surface area contributed by atoms with E-state index in [1.165, 1.54) is 36.2 Å². The molecule has 0 amide bonds. The Kier molecular flexibility index (Phi) is 4.12. The zero-order chi connectivity index (χ0) is 13.1. The van der Waals surface area contributed by atoms with Gasteiger partial charge in [-0.2, -0.15) is 0 Å². The van der Waals surface area contributed by atoms with Crippen molar-refractivity contribution in [2.24, 2.45) is 5.73 Å². The molecule has 0 spiro atoms. The van der Waals surface area contributed by atoms with Crippen molar-refractivity contribution in [2.45, 2.75) is 44.7 Å². The molecule has 1 aliphatic carbocycles. The minimum absolute atomic E-state index is 0.370. The van der Waals surface area contributed by atoms with Crippen LogP contribution in [0.5, 0.6) is 0 Å². The second kappa shape index (κ2) is 5.61. The smallest absolute Gasteiger partial charge is 0.0411 e. The second-order valence-electron chi connectivity index (χ2n) is 5.66. The van der Waals surface area contributed by atoms with Crippen LogP contribution in [-0.2, 0) is 0 Å². The number of hydrogen-bond acceptors (Lipinski definition) is 3. The Morgan fingerprint density at radius 2 is 2.06 bits per heavy atom. The molecule has 2 unspecified atom stereocenters. The van der Waals surface area contributed by atoms with E-state index in [2.05, 4.69) is 49.4 Å². The number of nitrogens with one attached hydrogen (secondary N) is 1. The van der Waals surface area contributed by atoms with E-state index in [-0.39, 0.29) is 0 Å². The number of hydrogen-bond donors (Lipinski definition) is 2. The van der Waals surface area contributed by atoms with Crippen LogP contribution in [0.1, 0.15) is 31.2 Å². The van der Waals surface area contributed by atoms with E-state index in [0.29, 0.717) is 12.1 Å². The van der Waals surface area contributed by atoms with E-state index in [9.17, 15) is 0 Å². The van der Waals surface area contributed by atoms with Gasteiger partial charge in [-0.1, -0.05) is 6.07 Å². The SMILES string of the molecule is Cc1ccc(NC2CCCC(N)C2)cc1N(C)C. The maximum Gasteiger partial charge on any atom is 0.0411 e. The zero-order valence-electron chi connectivity index (χ0n) is 11.7. The molecule has 0 saturated heterocycles. The van der Waals surface area contributed by atoms with Gasteiger partial charge in [0.15, 0.2) is 0 Å². The molecular formula is C15H25N3. The number of nitrogens with two attached hydrogens (primary N) is 1. The summed E-state index contributed by atoms with van der Waals surface area (Å²) in [7, 11) is 4.17. The monoisotopic (exact) mass is 247 g/mol. The summed E-state index contributed by atoms with van der Waals surface area (Å²) >= 11 is 0. The number of anilines is 2. The highest BCUT2D eigenvalue weighted by Crippen LogP contribution is 2.26. The lowest BCUT2D eigenvalue weighted by Crippen LogP contribution is -2.34. The van der Waals surface area contributed by atoms with Crippen LogP contribution in [0.25, 0.3) is 0 Å². The van der Waals surface area contributed by atoms with Crippen LogP contribution in [0.4, 0.5) is 11.4 Å². The van der Waals surface area contributed by atoms with Crippen molar-refractivity contribution < 1.29 is 0 Å². The molecule has 3 nitrogen and oxygen atoms in total. The molecule has 1 saturated carbocycles. The normalized spacial score (nSPS) is 23.8. The lowest BCUT2D eigenvalue weighted by Gasteiger charge is -2.28. The summed E-state index contributed by atoms with van der Waals surface area (Å²) in [5, 5.41) is 3.63. The van der Waals surface area contributed by atoms with Gasteiger partial charge in [-0.3, -0.25) is 0 Å². The van der Waals surface area contributed by atoms with Crippen LogP contribution >= 0.6 is 0 Å². The van der Waals surface area contributed by atoms with Crippen LogP contribution in [0.3, 0.4) is 0 Å². The summed E-state index contributed by atoms with van der Waals surface area (Å²) in [5.41, 5.74) is 9.83. The van der Waals surface area contributed by atoms with Gasteiger partial charge in [0.05, 0.1) is 0 Å². The van der Waals surface area contributed by atoms with Crippen LogP contribution in [0.2, 0.25) is 0 Å². The quantitative estimate of drug-likeness (QED) is 0.863. The van der Waals surface area contributed by atoms with E-state index in [4.69, 9.17) is 5.73 Å². The lowest BCUT2D eigenvalue weighted by atomic mass is 9.91. The highest BCUT2D eigenvalue weighted by Gasteiger charge is 2.19. The maximum absolute atomic E-state index is 6.03. The van der Waals surface area contributed by atoms with Gasteiger partial charge in [-0.05, 0) is 50.3 Å². The molecular weight excluding hydrogens is 222 g/mol. The molecule has 0 bridgehead atoms. The molecule has 0 aromatic heterocycles. The molecule has 1 aromatic carbocycles. The molecule has 1 aromatic rings. The Morgan fingerprint density at radius 3 is 2.72 bits per heavy atom. The van der Waals surface area contributed by atoms with Gasteiger partial charge in [0.25, 0.3) is 0 Å². The lowest BCUT2D eigenvalue weighted by molar-refractivity contribution is 0.409. The van der Waals surface area contributed by atoms with E-state index >= 15 is 0 Å². The second-order valence-corrected chi connectivity index (χ2v) is 5.66. The number of benzene rings is 1. The summed E-state index contributed by atoms with van der Waals surface area (Å²) < 4.78 is 0. The highest BCUT2D eigenvalue weighted by atomic mass is 15.1. The summed E-state index contributed by atoms with van der Waals surface area (Å²) in [6.45, 7) is 2.15. The topological polar surface area (TPSA) is 41.3 Å². The van der Waals surface area contributed by atoms with E-state index in [1.807, 2.05) is 0 Å². The summed E-state index contributed by atoms with van der Waals surface area (Å²) in [6, 6.07) is 7.49. The molecule has 1 aliphatic rings. The number of nitrogens with zero attached hydrogens (tertiary/aromatic N) is 1. The molecule has 3 heteroatoms. The largest absolute Gasteiger partial charge is 0.382 e. The highest BCUT2D eigenvalue weighted by molar-refractivity contribution is 5.62. The fraction of sp³-hybridized carbons (Fsp3) is 0.600. The molecule has 1 fully saturated rings. The maximum atomic E-state index is 6.03. The van der Waals surface area contributed by atoms with Gasteiger partial charge in [-0.15, -0.1) is 0 Å². The molecule has 2 atom stereocenters. The number of rotatable bonds is 3. The number of aryl methyl sites for hydroxylation is 1. The first-order chi connectivity index (χ1) is 8.56. The van der Waals surface area contributed by atoms with Gasteiger partial charge in [-0.25, -0.2) is 0 Å². The summed E-state index contributed by atoms with van der Waals surface area (Å²) in [5.74, 6) is 0. The Morgan fingerprint density at radius 1 is 1.28 bits per heavy atom. The van der Waals surface area contributed by atoms with E-state index in [0.717, 1.165) is 6.42 Å². The molecule has 2 rings (SSSR count). The Hall–Kier alpha value is -1.22. The first-order valence-electron chi connectivity index (χ1n) is 6.86. The molecule has 0 aliphatic heterocycles. The fourth-order valence-corrected chi connectivity index (χ4v) is 2.78. The Labute approximate surface area is 110 Å². The minimum Gasteiger partial charge on any atom is -0.382 e. The van der Waals surface area contributed by atoms with Crippen molar-refractivity contribution in [2.75, 3.05) is 24.3 Å². The van der Waals surface area contributed by atoms with Gasteiger partial charge in [0, 0.05) is 37.6 Å². The first kappa shape index (κ1) is 13.2.